The molecular formula is C20H33NO5+. The lowest BCUT2D eigenvalue weighted by atomic mass is 9.84. The first kappa shape index (κ1) is 22.3. The van der Waals surface area contributed by atoms with Crippen LogP contribution in [0.5, 0.6) is 0 Å². The molecule has 0 aromatic carbocycles. The number of esters is 1. The van der Waals surface area contributed by atoms with Crippen LogP contribution in [-0.4, -0.2) is 45.9 Å². The summed E-state index contributed by atoms with van der Waals surface area (Å²) in [7, 11) is 0. The van der Waals surface area contributed by atoms with E-state index in [1.807, 2.05) is 0 Å². The summed E-state index contributed by atoms with van der Waals surface area (Å²) in [6.07, 6.45) is 4.88. The number of hydrogen-bond donors (Lipinski definition) is 0. The van der Waals surface area contributed by atoms with Gasteiger partial charge in [0.25, 0.3) is 6.21 Å². The number of ether oxygens (including phenoxy) is 2. The molecule has 1 aliphatic carbocycles. The van der Waals surface area contributed by atoms with Gasteiger partial charge in [-0.15, -0.1) is 4.58 Å². The number of rotatable bonds is 4. The lowest BCUT2D eigenvalue weighted by Gasteiger charge is -2.23. The third-order valence-corrected chi connectivity index (χ3v) is 3.93. The van der Waals surface area contributed by atoms with Crippen LogP contribution >= 0.6 is 0 Å². The number of hydrogen-bond acceptors (Lipinski definition) is 5. The highest BCUT2D eigenvalue weighted by atomic mass is 16.6. The van der Waals surface area contributed by atoms with E-state index in [1.54, 1.807) is 41.5 Å². The van der Waals surface area contributed by atoms with Crippen molar-refractivity contribution in [1.29, 1.82) is 0 Å². The summed E-state index contributed by atoms with van der Waals surface area (Å²) >= 11 is 0. The van der Waals surface area contributed by atoms with Crippen molar-refractivity contribution in [2.24, 2.45) is 5.92 Å². The Bertz CT molecular complexity index is 560. The Morgan fingerprint density at radius 1 is 0.962 bits per heavy atom. The zero-order chi connectivity index (χ0) is 20.1. The normalized spacial score (nSPS) is 18.2. The van der Waals surface area contributed by atoms with Crippen LogP contribution in [0.15, 0.2) is 0 Å². The van der Waals surface area contributed by atoms with Gasteiger partial charge in [0.1, 0.15) is 11.2 Å². The predicted molar refractivity (Wildman–Crippen MR) is 99.1 cm³/mol. The standard InChI is InChI=1S/C20H33NO5/c1-14(17(23)15-11-9-8-10-12-15)21(18(24)26-20(5,6)7)13-16(22)25-19(2,3)4/h13-15H,1,8-12H2,2-7H3/q+1/t14-/m1/s1. The minimum Gasteiger partial charge on any atom is -0.452 e. The predicted octanol–water partition coefficient (Wildman–Crippen LogP) is 3.70. The van der Waals surface area contributed by atoms with Crippen molar-refractivity contribution in [3.05, 3.63) is 6.92 Å². The van der Waals surface area contributed by atoms with E-state index >= 15 is 0 Å². The summed E-state index contributed by atoms with van der Waals surface area (Å²) in [6.45, 7) is 14.2. The van der Waals surface area contributed by atoms with Crippen LogP contribution in [0.1, 0.15) is 73.6 Å². The Hall–Kier alpha value is -1.72. The molecule has 0 heterocycles. The highest BCUT2D eigenvalue weighted by Gasteiger charge is 2.39. The molecule has 1 atom stereocenters. The first-order chi connectivity index (χ1) is 11.8. The number of carbonyl (C=O) groups is 3. The fourth-order valence-electron chi connectivity index (χ4n) is 2.82. The van der Waals surface area contributed by atoms with Gasteiger partial charge in [0.05, 0.1) is 0 Å². The number of ketones is 1. The molecule has 0 spiro atoms. The maximum absolute atomic E-state index is 12.8. The van der Waals surface area contributed by atoms with Crippen LogP contribution in [0.3, 0.4) is 0 Å². The molecule has 1 fully saturated rings. The van der Waals surface area contributed by atoms with Crippen LogP contribution in [0, 0.1) is 12.8 Å². The van der Waals surface area contributed by atoms with Crippen molar-refractivity contribution in [3.8, 4) is 0 Å². The molecule has 6 heteroatoms. The molecule has 1 saturated carbocycles. The van der Waals surface area contributed by atoms with Crippen molar-refractivity contribution in [2.75, 3.05) is 0 Å². The molecule has 147 valence electrons. The molecule has 0 unspecified atom stereocenters. The second-order valence-electron chi connectivity index (χ2n) is 8.80. The van der Waals surface area contributed by atoms with Gasteiger partial charge in [-0.2, -0.15) is 4.79 Å². The molecule has 0 bridgehead atoms. The largest absolute Gasteiger partial charge is 0.597 e. The second-order valence-corrected chi connectivity index (χ2v) is 8.80. The van der Waals surface area contributed by atoms with Crippen LogP contribution in [-0.2, 0) is 19.1 Å². The van der Waals surface area contributed by atoms with E-state index in [4.69, 9.17) is 9.47 Å². The van der Waals surface area contributed by atoms with Gasteiger partial charge in [-0.3, -0.25) is 4.79 Å². The van der Waals surface area contributed by atoms with Crippen molar-refractivity contribution in [3.63, 3.8) is 0 Å². The average Bonchev–Trinajstić information content (AvgIpc) is 2.48. The maximum Gasteiger partial charge on any atom is 0.597 e. The smallest absolute Gasteiger partial charge is 0.452 e. The zero-order valence-electron chi connectivity index (χ0n) is 17.0. The van der Waals surface area contributed by atoms with Crippen molar-refractivity contribution in [2.45, 2.75) is 90.9 Å². The molecule has 0 N–H and O–H groups in total. The number of amides is 1. The van der Waals surface area contributed by atoms with Crippen LogP contribution in [0.2, 0.25) is 0 Å². The van der Waals surface area contributed by atoms with E-state index in [0.717, 1.165) is 42.9 Å². The Kier molecular flexibility index (Phi) is 7.54. The number of nitrogens with zero attached hydrogens (tertiary/aromatic N) is 1. The van der Waals surface area contributed by atoms with Crippen molar-refractivity contribution in [1.82, 2.24) is 0 Å². The second kappa shape index (κ2) is 8.78. The van der Waals surface area contributed by atoms with E-state index in [9.17, 15) is 14.4 Å². The van der Waals surface area contributed by atoms with Crippen molar-refractivity contribution < 1.29 is 28.4 Å². The molecule has 6 nitrogen and oxygen atoms in total. The van der Waals surface area contributed by atoms with E-state index in [2.05, 4.69) is 6.92 Å². The SMILES string of the molecule is [CH2][C@H](C(=O)C1CCCCC1)[N+](=CC(=O)OC(C)(C)C)C(=O)OC(C)(C)C. The van der Waals surface area contributed by atoms with Crippen LogP contribution < -0.4 is 0 Å². The fourth-order valence-corrected chi connectivity index (χ4v) is 2.82. The van der Waals surface area contributed by atoms with Gasteiger partial charge in [0, 0.05) is 12.8 Å². The highest BCUT2D eigenvalue weighted by molar-refractivity contribution is 6.22. The number of carbonyl (C=O) groups excluding carboxylic acids is 3. The Balaban J connectivity index is 3.07. The summed E-state index contributed by atoms with van der Waals surface area (Å²) in [4.78, 5) is 37.5. The molecule has 0 aromatic heterocycles. The summed E-state index contributed by atoms with van der Waals surface area (Å²) in [6, 6.07) is -1.03. The summed E-state index contributed by atoms with van der Waals surface area (Å²) in [5.41, 5.74) is -1.47. The molecule has 1 radical (unpaired) electrons. The first-order valence-electron chi connectivity index (χ1n) is 9.26. The summed E-state index contributed by atoms with van der Waals surface area (Å²) in [5.74, 6) is -0.993. The molecule has 0 aromatic rings. The van der Waals surface area contributed by atoms with Crippen LogP contribution in [0.25, 0.3) is 0 Å². The molecule has 1 rings (SSSR count). The topological polar surface area (TPSA) is 72.7 Å². The van der Waals surface area contributed by atoms with Gasteiger partial charge in [0.2, 0.25) is 11.8 Å². The third-order valence-electron chi connectivity index (χ3n) is 3.93. The van der Waals surface area contributed by atoms with Gasteiger partial charge < -0.3 is 9.47 Å². The van der Waals surface area contributed by atoms with Gasteiger partial charge in [-0.05, 0) is 54.4 Å². The molecule has 1 aliphatic rings. The Morgan fingerprint density at radius 3 is 1.92 bits per heavy atom. The number of Topliss-reactive ketones (excluding diaryl/α,β-unsaturated/α-hetero) is 1. The lowest BCUT2D eigenvalue weighted by molar-refractivity contribution is -0.462. The molecule has 26 heavy (non-hydrogen) atoms. The van der Waals surface area contributed by atoms with E-state index < -0.39 is 29.3 Å². The van der Waals surface area contributed by atoms with E-state index in [0.29, 0.717) is 0 Å². The minimum atomic E-state index is -1.03. The quantitative estimate of drug-likeness (QED) is 0.430. The zero-order valence-corrected chi connectivity index (χ0v) is 17.0. The molecule has 1 amide bonds. The average molecular weight is 367 g/mol. The molecular weight excluding hydrogens is 334 g/mol. The lowest BCUT2D eigenvalue weighted by Crippen LogP contribution is -2.44. The molecule has 0 aliphatic heterocycles. The summed E-state index contributed by atoms with van der Waals surface area (Å²) in [5, 5.41) is 0. The third kappa shape index (κ3) is 7.67. The van der Waals surface area contributed by atoms with E-state index in [-0.39, 0.29) is 11.7 Å². The Labute approximate surface area is 156 Å². The van der Waals surface area contributed by atoms with Gasteiger partial charge in [-0.1, -0.05) is 19.3 Å². The monoisotopic (exact) mass is 367 g/mol. The first-order valence-corrected chi connectivity index (χ1v) is 9.26. The Morgan fingerprint density at radius 2 is 1.46 bits per heavy atom. The van der Waals surface area contributed by atoms with Crippen LogP contribution in [0.4, 0.5) is 4.79 Å². The van der Waals surface area contributed by atoms with Crippen molar-refractivity contribution >= 4 is 24.1 Å². The molecule has 0 saturated heterocycles. The minimum absolute atomic E-state index is 0.136. The van der Waals surface area contributed by atoms with E-state index in [1.165, 1.54) is 0 Å². The summed E-state index contributed by atoms with van der Waals surface area (Å²) < 4.78 is 11.6. The van der Waals surface area contributed by atoms with Gasteiger partial charge in [-0.25, -0.2) is 4.79 Å². The maximum atomic E-state index is 12.8. The highest BCUT2D eigenvalue weighted by Crippen LogP contribution is 2.26. The fraction of sp³-hybridized carbons (Fsp3) is 0.750. The van der Waals surface area contributed by atoms with Gasteiger partial charge >= 0.3 is 12.1 Å². The van der Waals surface area contributed by atoms with Gasteiger partial charge in [0.15, 0.2) is 0 Å².